The van der Waals surface area contributed by atoms with Crippen molar-refractivity contribution in [3.8, 4) is 0 Å². The Balaban J connectivity index is 2.50. The van der Waals surface area contributed by atoms with E-state index in [1.807, 2.05) is 24.5 Å². The highest BCUT2D eigenvalue weighted by molar-refractivity contribution is 5.10. The van der Waals surface area contributed by atoms with E-state index in [4.69, 9.17) is 10.5 Å². The summed E-state index contributed by atoms with van der Waals surface area (Å²) >= 11 is 0. The van der Waals surface area contributed by atoms with Crippen molar-refractivity contribution in [3.05, 3.63) is 30.1 Å². The van der Waals surface area contributed by atoms with E-state index in [-0.39, 0.29) is 5.54 Å². The largest absolute Gasteiger partial charge is 0.383 e. The van der Waals surface area contributed by atoms with Gasteiger partial charge in [-0.3, -0.25) is 9.88 Å². The molecular formula is C13H23N3O. The summed E-state index contributed by atoms with van der Waals surface area (Å²) in [5.41, 5.74) is 7.03. The Hall–Kier alpha value is -0.970. The van der Waals surface area contributed by atoms with E-state index in [1.165, 1.54) is 5.56 Å². The second kappa shape index (κ2) is 6.69. The molecule has 0 radical (unpaired) electrons. The fraction of sp³-hybridized carbons (Fsp3) is 0.615. The van der Waals surface area contributed by atoms with Crippen LogP contribution in [0.25, 0.3) is 0 Å². The quantitative estimate of drug-likeness (QED) is 0.766. The zero-order valence-corrected chi connectivity index (χ0v) is 11.0. The van der Waals surface area contributed by atoms with Gasteiger partial charge < -0.3 is 10.5 Å². The van der Waals surface area contributed by atoms with Crippen molar-refractivity contribution in [2.24, 2.45) is 5.73 Å². The topological polar surface area (TPSA) is 51.4 Å². The van der Waals surface area contributed by atoms with Crippen LogP contribution in [-0.4, -0.2) is 49.3 Å². The number of pyridine rings is 1. The predicted molar refractivity (Wildman–Crippen MR) is 69.9 cm³/mol. The number of aromatic nitrogens is 1. The molecule has 0 aliphatic rings. The molecule has 0 aromatic carbocycles. The molecule has 4 nitrogen and oxygen atoms in total. The molecule has 0 aliphatic heterocycles. The monoisotopic (exact) mass is 237 g/mol. The lowest BCUT2D eigenvalue weighted by Gasteiger charge is -2.37. The minimum atomic E-state index is -0.0955. The Morgan fingerprint density at radius 1 is 1.41 bits per heavy atom. The number of nitrogens with two attached hydrogens (primary N) is 1. The highest BCUT2D eigenvalue weighted by atomic mass is 16.5. The molecule has 1 heterocycles. The van der Waals surface area contributed by atoms with Gasteiger partial charge in [0.05, 0.1) is 12.1 Å². The molecule has 1 aromatic heterocycles. The second-order valence-corrected chi connectivity index (χ2v) is 4.66. The smallest absolute Gasteiger partial charge is 0.0656 e. The lowest BCUT2D eigenvalue weighted by atomic mass is 10.0. The van der Waals surface area contributed by atoms with Crippen LogP contribution < -0.4 is 5.73 Å². The summed E-state index contributed by atoms with van der Waals surface area (Å²) < 4.78 is 5.24. The van der Waals surface area contributed by atoms with Gasteiger partial charge in [-0.2, -0.15) is 0 Å². The van der Waals surface area contributed by atoms with Gasteiger partial charge >= 0.3 is 0 Å². The molecule has 0 saturated carbocycles. The fourth-order valence-electron chi connectivity index (χ4n) is 1.75. The van der Waals surface area contributed by atoms with Crippen molar-refractivity contribution in [1.29, 1.82) is 0 Å². The molecule has 1 atom stereocenters. The Labute approximate surface area is 104 Å². The van der Waals surface area contributed by atoms with Crippen LogP contribution in [0.2, 0.25) is 0 Å². The molecule has 1 rings (SSSR count). The van der Waals surface area contributed by atoms with Gasteiger partial charge in [-0.15, -0.1) is 0 Å². The van der Waals surface area contributed by atoms with Gasteiger partial charge in [0.1, 0.15) is 0 Å². The molecular weight excluding hydrogens is 214 g/mol. The summed E-state index contributed by atoms with van der Waals surface area (Å²) in [5, 5.41) is 0. The van der Waals surface area contributed by atoms with Crippen LogP contribution in [0, 0.1) is 0 Å². The summed E-state index contributed by atoms with van der Waals surface area (Å²) in [6.07, 6.45) is 4.65. The minimum Gasteiger partial charge on any atom is -0.383 e. The van der Waals surface area contributed by atoms with Crippen molar-refractivity contribution in [2.45, 2.75) is 18.9 Å². The van der Waals surface area contributed by atoms with Gasteiger partial charge in [0.15, 0.2) is 0 Å². The van der Waals surface area contributed by atoms with E-state index >= 15 is 0 Å². The first kappa shape index (κ1) is 14.1. The first-order chi connectivity index (χ1) is 8.12. The minimum absolute atomic E-state index is 0.0955. The molecule has 0 amide bonds. The van der Waals surface area contributed by atoms with Crippen LogP contribution in [0.4, 0.5) is 0 Å². The summed E-state index contributed by atoms with van der Waals surface area (Å²) in [5.74, 6) is 0. The number of methoxy groups -OCH3 is 1. The summed E-state index contributed by atoms with van der Waals surface area (Å²) in [6, 6.07) is 4.09. The third-order valence-electron chi connectivity index (χ3n) is 3.30. The van der Waals surface area contributed by atoms with Crippen molar-refractivity contribution >= 4 is 0 Å². The molecule has 0 spiro atoms. The Morgan fingerprint density at radius 3 is 2.59 bits per heavy atom. The van der Waals surface area contributed by atoms with Gasteiger partial charge in [-0.05, 0) is 38.1 Å². The van der Waals surface area contributed by atoms with Gasteiger partial charge in [-0.25, -0.2) is 0 Å². The van der Waals surface area contributed by atoms with Gasteiger partial charge in [0, 0.05) is 32.6 Å². The van der Waals surface area contributed by atoms with E-state index in [0.29, 0.717) is 13.2 Å². The van der Waals surface area contributed by atoms with Crippen molar-refractivity contribution in [2.75, 3.05) is 33.9 Å². The fourth-order valence-corrected chi connectivity index (χ4v) is 1.75. The van der Waals surface area contributed by atoms with Gasteiger partial charge in [-0.1, -0.05) is 0 Å². The predicted octanol–water partition coefficient (Wildman–Crippen LogP) is 0.920. The van der Waals surface area contributed by atoms with Crippen molar-refractivity contribution < 1.29 is 4.74 Å². The van der Waals surface area contributed by atoms with Crippen LogP contribution in [0.3, 0.4) is 0 Å². The molecule has 0 bridgehead atoms. The third-order valence-corrected chi connectivity index (χ3v) is 3.30. The maximum absolute atomic E-state index is 5.83. The summed E-state index contributed by atoms with van der Waals surface area (Å²) in [6.45, 7) is 4.33. The van der Waals surface area contributed by atoms with Crippen molar-refractivity contribution in [3.63, 3.8) is 0 Å². The van der Waals surface area contributed by atoms with Crippen LogP contribution in [0.5, 0.6) is 0 Å². The third kappa shape index (κ3) is 4.07. The van der Waals surface area contributed by atoms with Crippen LogP contribution in [0.15, 0.2) is 24.5 Å². The second-order valence-electron chi connectivity index (χ2n) is 4.66. The summed E-state index contributed by atoms with van der Waals surface area (Å²) in [4.78, 5) is 6.27. The van der Waals surface area contributed by atoms with E-state index < -0.39 is 0 Å². The number of likely N-dealkylation sites (N-methyl/N-ethyl adjacent to an activating group) is 1. The first-order valence-corrected chi connectivity index (χ1v) is 5.91. The zero-order valence-electron chi connectivity index (χ0n) is 11.0. The normalized spacial score (nSPS) is 14.9. The van der Waals surface area contributed by atoms with Crippen molar-refractivity contribution in [1.82, 2.24) is 9.88 Å². The molecule has 4 heteroatoms. The standard InChI is InChI=1S/C13H23N3O/c1-13(10-14,11-17-3)16(2)9-6-12-4-7-15-8-5-12/h4-5,7-8H,6,9-11,14H2,1-3H3. The lowest BCUT2D eigenvalue weighted by molar-refractivity contribution is 0.0443. The molecule has 2 N–H and O–H groups in total. The Kier molecular flexibility index (Phi) is 5.55. The van der Waals surface area contributed by atoms with Crippen LogP contribution >= 0.6 is 0 Å². The average molecular weight is 237 g/mol. The molecule has 17 heavy (non-hydrogen) atoms. The Morgan fingerprint density at radius 2 is 2.06 bits per heavy atom. The highest BCUT2D eigenvalue weighted by Crippen LogP contribution is 2.13. The molecule has 0 aliphatic carbocycles. The number of rotatable bonds is 7. The Bertz CT molecular complexity index is 318. The summed E-state index contributed by atoms with van der Waals surface area (Å²) in [7, 11) is 3.80. The zero-order chi connectivity index (χ0) is 12.7. The number of nitrogens with zero attached hydrogens (tertiary/aromatic N) is 2. The number of ether oxygens (including phenoxy) is 1. The molecule has 0 saturated heterocycles. The number of hydrogen-bond donors (Lipinski definition) is 1. The average Bonchev–Trinajstić information content (AvgIpc) is 2.37. The SMILES string of the molecule is COCC(C)(CN)N(C)CCc1ccncc1. The van der Waals surface area contributed by atoms with Crippen LogP contribution in [0.1, 0.15) is 12.5 Å². The maximum atomic E-state index is 5.83. The van der Waals surface area contributed by atoms with Gasteiger partial charge in [0.25, 0.3) is 0 Å². The number of hydrogen-bond acceptors (Lipinski definition) is 4. The molecule has 96 valence electrons. The molecule has 1 aromatic rings. The maximum Gasteiger partial charge on any atom is 0.0656 e. The molecule has 1 unspecified atom stereocenters. The van der Waals surface area contributed by atoms with E-state index in [1.54, 1.807) is 7.11 Å². The first-order valence-electron chi connectivity index (χ1n) is 5.91. The van der Waals surface area contributed by atoms with Gasteiger partial charge in [0.2, 0.25) is 0 Å². The van der Waals surface area contributed by atoms with E-state index in [0.717, 1.165) is 13.0 Å². The van der Waals surface area contributed by atoms with Crippen LogP contribution in [-0.2, 0) is 11.2 Å². The lowest BCUT2D eigenvalue weighted by Crippen LogP contribution is -2.53. The molecule has 0 fully saturated rings. The van der Waals surface area contributed by atoms with E-state index in [9.17, 15) is 0 Å². The van der Waals surface area contributed by atoms with E-state index in [2.05, 4.69) is 23.9 Å². The highest BCUT2D eigenvalue weighted by Gasteiger charge is 2.27.